The van der Waals surface area contributed by atoms with Crippen LogP contribution in [0.4, 0.5) is 0 Å². The van der Waals surface area contributed by atoms with Crippen LogP contribution in [0.3, 0.4) is 0 Å². The van der Waals surface area contributed by atoms with Crippen LogP contribution in [0.25, 0.3) is 5.76 Å². The molecule has 1 aliphatic heterocycles. The largest absolute Gasteiger partial charge is 0.478 e. The second-order valence-corrected chi connectivity index (χ2v) is 4.84. The number of rotatable bonds is 5. The summed E-state index contributed by atoms with van der Waals surface area (Å²) in [6, 6.07) is 9.85. The van der Waals surface area contributed by atoms with Crippen molar-refractivity contribution in [1.29, 1.82) is 0 Å². The number of ketones is 1. The highest BCUT2D eigenvalue weighted by molar-refractivity contribution is 6.05. The van der Waals surface area contributed by atoms with Crippen molar-refractivity contribution in [2.45, 2.75) is 45.1 Å². The van der Waals surface area contributed by atoms with Gasteiger partial charge in [-0.3, -0.25) is 4.79 Å². The van der Waals surface area contributed by atoms with Gasteiger partial charge >= 0.3 is 0 Å². The average Bonchev–Trinajstić information content (AvgIpc) is 2.69. The van der Waals surface area contributed by atoms with Crippen molar-refractivity contribution < 1.29 is 9.53 Å². The molecule has 0 amide bonds. The molecule has 0 atom stereocenters. The van der Waals surface area contributed by atoms with Crippen LogP contribution in [0.5, 0.6) is 0 Å². The average molecular weight is 244 g/mol. The van der Waals surface area contributed by atoms with E-state index in [1.54, 1.807) is 6.08 Å². The van der Waals surface area contributed by atoms with Gasteiger partial charge < -0.3 is 4.74 Å². The molecule has 18 heavy (non-hydrogen) atoms. The van der Waals surface area contributed by atoms with Gasteiger partial charge in [0.05, 0.1) is 0 Å². The number of carbonyl (C=O) groups excluding carboxylic acids is 1. The Morgan fingerprint density at radius 3 is 2.22 bits per heavy atom. The summed E-state index contributed by atoms with van der Waals surface area (Å²) in [5, 5.41) is 0. The molecule has 2 rings (SSSR count). The summed E-state index contributed by atoms with van der Waals surface area (Å²) in [6.07, 6.45) is 5.18. The first kappa shape index (κ1) is 12.9. The lowest BCUT2D eigenvalue weighted by Crippen LogP contribution is -2.36. The van der Waals surface area contributed by atoms with Gasteiger partial charge in [0.15, 0.2) is 5.60 Å². The maximum atomic E-state index is 12.3. The van der Waals surface area contributed by atoms with Gasteiger partial charge in [-0.1, -0.05) is 57.0 Å². The molecule has 0 unspecified atom stereocenters. The first-order valence-corrected chi connectivity index (χ1v) is 6.72. The van der Waals surface area contributed by atoms with E-state index in [0.717, 1.165) is 37.0 Å². The van der Waals surface area contributed by atoms with Crippen molar-refractivity contribution in [2.24, 2.45) is 0 Å². The predicted molar refractivity (Wildman–Crippen MR) is 73.1 cm³/mol. The predicted octanol–water partition coefficient (Wildman–Crippen LogP) is 3.97. The molecule has 96 valence electrons. The van der Waals surface area contributed by atoms with E-state index in [1.165, 1.54) is 0 Å². The highest BCUT2D eigenvalue weighted by Crippen LogP contribution is 2.37. The van der Waals surface area contributed by atoms with E-state index in [9.17, 15) is 4.79 Å². The summed E-state index contributed by atoms with van der Waals surface area (Å²) in [5.41, 5.74) is 0.384. The van der Waals surface area contributed by atoms with Crippen LogP contribution in [-0.4, -0.2) is 11.4 Å². The van der Waals surface area contributed by atoms with Crippen LogP contribution < -0.4 is 0 Å². The summed E-state index contributed by atoms with van der Waals surface area (Å²) in [7, 11) is 0. The zero-order valence-corrected chi connectivity index (χ0v) is 11.1. The van der Waals surface area contributed by atoms with Crippen LogP contribution in [0.15, 0.2) is 36.4 Å². The lowest BCUT2D eigenvalue weighted by atomic mass is 9.89. The molecule has 1 heterocycles. The Balaban J connectivity index is 2.24. The molecule has 1 aromatic rings. The summed E-state index contributed by atoms with van der Waals surface area (Å²) >= 11 is 0. The molecule has 1 aromatic carbocycles. The van der Waals surface area contributed by atoms with Gasteiger partial charge in [0.2, 0.25) is 5.78 Å². The highest BCUT2D eigenvalue weighted by atomic mass is 16.5. The summed E-state index contributed by atoms with van der Waals surface area (Å²) in [4.78, 5) is 12.3. The molecule has 0 spiro atoms. The van der Waals surface area contributed by atoms with Crippen LogP contribution in [0, 0.1) is 0 Å². The molecular weight excluding hydrogens is 224 g/mol. The van der Waals surface area contributed by atoms with E-state index >= 15 is 0 Å². The number of hydrogen-bond acceptors (Lipinski definition) is 2. The van der Waals surface area contributed by atoms with Gasteiger partial charge in [-0.05, 0) is 12.8 Å². The fourth-order valence-corrected chi connectivity index (χ4v) is 2.57. The number of ether oxygens (including phenoxy) is 1. The Morgan fingerprint density at radius 1 is 1.06 bits per heavy atom. The zero-order chi connectivity index (χ0) is 13.0. The minimum Gasteiger partial charge on any atom is -0.478 e. The number of hydrogen-bond donors (Lipinski definition) is 0. The topological polar surface area (TPSA) is 26.3 Å². The van der Waals surface area contributed by atoms with E-state index < -0.39 is 5.60 Å². The molecule has 1 aliphatic rings. The molecule has 0 fully saturated rings. The third-order valence-corrected chi connectivity index (χ3v) is 3.38. The lowest BCUT2D eigenvalue weighted by molar-refractivity contribution is -0.130. The summed E-state index contributed by atoms with van der Waals surface area (Å²) in [6.45, 7) is 4.18. The van der Waals surface area contributed by atoms with Crippen molar-refractivity contribution in [3.63, 3.8) is 0 Å². The molecule has 2 heteroatoms. The SMILES string of the molecule is CCCC1(CCC)OC(c2ccccc2)=CC1=O. The van der Waals surface area contributed by atoms with Crippen molar-refractivity contribution in [2.75, 3.05) is 0 Å². The first-order chi connectivity index (χ1) is 8.72. The second kappa shape index (κ2) is 5.38. The third-order valence-electron chi connectivity index (χ3n) is 3.38. The molecule has 0 aliphatic carbocycles. The van der Waals surface area contributed by atoms with Crippen LogP contribution in [-0.2, 0) is 9.53 Å². The van der Waals surface area contributed by atoms with Crippen molar-refractivity contribution >= 4 is 11.5 Å². The third kappa shape index (κ3) is 2.33. The first-order valence-electron chi connectivity index (χ1n) is 6.72. The summed E-state index contributed by atoms with van der Waals surface area (Å²) in [5.74, 6) is 0.854. The van der Waals surface area contributed by atoms with Crippen LogP contribution >= 0.6 is 0 Å². The molecule has 0 saturated heterocycles. The maximum absolute atomic E-state index is 12.3. The normalized spacial score (nSPS) is 17.4. The van der Waals surface area contributed by atoms with Crippen LogP contribution in [0.2, 0.25) is 0 Å². The van der Waals surface area contributed by atoms with E-state index in [0.29, 0.717) is 0 Å². The van der Waals surface area contributed by atoms with Crippen molar-refractivity contribution in [3.8, 4) is 0 Å². The fraction of sp³-hybridized carbons (Fsp3) is 0.438. The molecule has 0 N–H and O–H groups in total. The Kier molecular flexibility index (Phi) is 3.85. The minimum absolute atomic E-state index is 0.130. The van der Waals surface area contributed by atoms with E-state index in [1.807, 2.05) is 30.3 Å². The Hall–Kier alpha value is -1.57. The van der Waals surface area contributed by atoms with Gasteiger partial charge in [0.1, 0.15) is 5.76 Å². The standard InChI is InChI=1S/C16H20O2/c1-3-10-16(11-4-2)15(17)12-14(18-16)13-8-6-5-7-9-13/h5-9,12H,3-4,10-11H2,1-2H3. The summed E-state index contributed by atoms with van der Waals surface area (Å²) < 4.78 is 6.04. The Labute approximate surface area is 109 Å². The zero-order valence-electron chi connectivity index (χ0n) is 11.1. The number of benzene rings is 1. The van der Waals surface area contributed by atoms with E-state index in [4.69, 9.17) is 4.74 Å². The van der Waals surface area contributed by atoms with E-state index in [-0.39, 0.29) is 5.78 Å². The van der Waals surface area contributed by atoms with Crippen LogP contribution in [0.1, 0.15) is 45.1 Å². The van der Waals surface area contributed by atoms with Gasteiger partial charge in [-0.15, -0.1) is 0 Å². The smallest absolute Gasteiger partial charge is 0.202 e. The molecule has 0 aromatic heterocycles. The van der Waals surface area contributed by atoms with Gasteiger partial charge in [0, 0.05) is 11.6 Å². The Morgan fingerprint density at radius 2 is 1.67 bits per heavy atom. The Bertz CT molecular complexity index is 439. The lowest BCUT2D eigenvalue weighted by Gasteiger charge is -2.27. The van der Waals surface area contributed by atoms with Crippen molar-refractivity contribution in [1.82, 2.24) is 0 Å². The number of carbonyl (C=O) groups is 1. The molecular formula is C16H20O2. The highest BCUT2D eigenvalue weighted by Gasteiger charge is 2.43. The second-order valence-electron chi connectivity index (χ2n) is 4.84. The molecule has 0 bridgehead atoms. The van der Waals surface area contributed by atoms with Gasteiger partial charge in [-0.2, -0.15) is 0 Å². The molecule has 0 radical (unpaired) electrons. The quantitative estimate of drug-likeness (QED) is 0.783. The van der Waals surface area contributed by atoms with Gasteiger partial charge in [0.25, 0.3) is 0 Å². The van der Waals surface area contributed by atoms with Crippen molar-refractivity contribution in [3.05, 3.63) is 42.0 Å². The maximum Gasteiger partial charge on any atom is 0.202 e. The minimum atomic E-state index is -0.603. The van der Waals surface area contributed by atoms with Gasteiger partial charge in [-0.25, -0.2) is 0 Å². The molecule has 2 nitrogen and oxygen atoms in total. The van der Waals surface area contributed by atoms with E-state index in [2.05, 4.69) is 13.8 Å². The monoisotopic (exact) mass is 244 g/mol. The fourth-order valence-electron chi connectivity index (χ4n) is 2.57. The molecule has 0 saturated carbocycles.